The number of rotatable bonds is 6. The monoisotopic (exact) mass is 412 g/mol. The number of aromatic nitrogens is 4. The van der Waals surface area contributed by atoms with Gasteiger partial charge in [0, 0.05) is 24.5 Å². The van der Waals surface area contributed by atoms with Gasteiger partial charge in [0.15, 0.2) is 5.82 Å². The molecule has 154 valence electrons. The normalized spacial score (nSPS) is 10.4. The SMILES string of the molecule is CNc1ncnc(-c2cccnc2Oc2cc(C(=O)Nc3ccccc3)ccc2C)n1. The first kappa shape index (κ1) is 20.0. The lowest BCUT2D eigenvalue weighted by molar-refractivity contribution is 0.102. The lowest BCUT2D eigenvalue weighted by atomic mass is 10.1. The topological polar surface area (TPSA) is 102 Å². The van der Waals surface area contributed by atoms with Crippen molar-refractivity contribution in [1.29, 1.82) is 0 Å². The number of carbonyl (C=O) groups excluding carboxylic acids is 1. The maximum absolute atomic E-state index is 12.7. The van der Waals surface area contributed by atoms with Crippen LogP contribution in [0.1, 0.15) is 15.9 Å². The Morgan fingerprint density at radius 2 is 1.81 bits per heavy atom. The summed E-state index contributed by atoms with van der Waals surface area (Å²) in [5, 5.41) is 5.76. The molecule has 2 aromatic heterocycles. The van der Waals surface area contributed by atoms with Gasteiger partial charge >= 0.3 is 0 Å². The number of anilines is 2. The first-order chi connectivity index (χ1) is 15.1. The van der Waals surface area contributed by atoms with Gasteiger partial charge in [-0.05, 0) is 48.9 Å². The van der Waals surface area contributed by atoms with E-state index in [-0.39, 0.29) is 5.91 Å². The van der Waals surface area contributed by atoms with Crippen LogP contribution in [-0.2, 0) is 0 Å². The Balaban J connectivity index is 1.63. The molecule has 8 nitrogen and oxygen atoms in total. The number of benzene rings is 2. The molecule has 4 rings (SSSR count). The molecule has 0 bridgehead atoms. The number of hydrogen-bond acceptors (Lipinski definition) is 7. The molecule has 31 heavy (non-hydrogen) atoms. The summed E-state index contributed by atoms with van der Waals surface area (Å²) in [7, 11) is 1.73. The standard InChI is InChI=1S/C23H20N6O2/c1-15-10-11-16(21(30)28-17-7-4-3-5-8-17)13-19(15)31-22-18(9-6-12-25-22)20-26-14-27-23(24-2)29-20/h3-14H,1-2H3,(H,28,30)(H,24,26,27,29). The van der Waals surface area contributed by atoms with Crippen LogP contribution in [0.3, 0.4) is 0 Å². The average molecular weight is 412 g/mol. The van der Waals surface area contributed by atoms with E-state index in [0.717, 1.165) is 11.3 Å². The highest BCUT2D eigenvalue weighted by Crippen LogP contribution is 2.31. The zero-order valence-electron chi connectivity index (χ0n) is 17.0. The van der Waals surface area contributed by atoms with Crippen molar-refractivity contribution in [2.45, 2.75) is 6.92 Å². The number of carbonyl (C=O) groups is 1. The van der Waals surface area contributed by atoms with E-state index in [9.17, 15) is 4.79 Å². The molecule has 0 aliphatic carbocycles. The van der Waals surface area contributed by atoms with Crippen LogP contribution < -0.4 is 15.4 Å². The van der Waals surface area contributed by atoms with Crippen molar-refractivity contribution in [3.05, 3.63) is 84.3 Å². The summed E-state index contributed by atoms with van der Waals surface area (Å²) in [6.45, 7) is 1.90. The van der Waals surface area contributed by atoms with Gasteiger partial charge in [-0.3, -0.25) is 4.79 Å². The molecule has 2 aromatic carbocycles. The molecular weight excluding hydrogens is 392 g/mol. The van der Waals surface area contributed by atoms with Crippen molar-refractivity contribution in [3.63, 3.8) is 0 Å². The fraction of sp³-hybridized carbons (Fsp3) is 0.0870. The molecule has 0 aliphatic heterocycles. The van der Waals surface area contributed by atoms with Crippen LogP contribution in [0.2, 0.25) is 0 Å². The molecule has 8 heteroatoms. The fourth-order valence-electron chi connectivity index (χ4n) is 2.87. The highest BCUT2D eigenvalue weighted by Gasteiger charge is 2.15. The second-order valence-corrected chi connectivity index (χ2v) is 6.64. The van der Waals surface area contributed by atoms with Crippen LogP contribution in [0.25, 0.3) is 11.4 Å². The van der Waals surface area contributed by atoms with Crippen LogP contribution >= 0.6 is 0 Å². The minimum atomic E-state index is -0.228. The number of nitrogens with one attached hydrogen (secondary N) is 2. The third-order valence-electron chi connectivity index (χ3n) is 4.50. The van der Waals surface area contributed by atoms with E-state index in [2.05, 4.69) is 30.6 Å². The molecule has 0 unspecified atom stereocenters. The van der Waals surface area contributed by atoms with E-state index < -0.39 is 0 Å². The summed E-state index contributed by atoms with van der Waals surface area (Å²) in [6.07, 6.45) is 3.05. The van der Waals surface area contributed by atoms with E-state index in [1.807, 2.05) is 49.4 Å². The molecule has 2 heterocycles. The minimum Gasteiger partial charge on any atom is -0.438 e. The summed E-state index contributed by atoms with van der Waals surface area (Å²) >= 11 is 0. The maximum Gasteiger partial charge on any atom is 0.255 e. The second kappa shape index (κ2) is 9.00. The maximum atomic E-state index is 12.7. The van der Waals surface area contributed by atoms with E-state index in [4.69, 9.17) is 4.74 Å². The van der Waals surface area contributed by atoms with Gasteiger partial charge in [-0.2, -0.15) is 4.98 Å². The number of pyridine rings is 1. The van der Waals surface area contributed by atoms with E-state index >= 15 is 0 Å². The van der Waals surface area contributed by atoms with Crippen molar-refractivity contribution in [1.82, 2.24) is 19.9 Å². The molecular formula is C23H20N6O2. The highest BCUT2D eigenvalue weighted by atomic mass is 16.5. The molecule has 0 aliphatic rings. The summed E-state index contributed by atoms with van der Waals surface area (Å²) in [5.41, 5.74) is 2.66. The van der Waals surface area contributed by atoms with Gasteiger partial charge in [-0.25, -0.2) is 15.0 Å². The van der Waals surface area contributed by atoms with E-state index in [1.54, 1.807) is 31.4 Å². The fourth-order valence-corrected chi connectivity index (χ4v) is 2.87. The first-order valence-corrected chi connectivity index (χ1v) is 9.61. The van der Waals surface area contributed by atoms with Gasteiger partial charge < -0.3 is 15.4 Å². The number of amides is 1. The van der Waals surface area contributed by atoms with Crippen LogP contribution in [0.15, 0.2) is 73.2 Å². The number of nitrogens with zero attached hydrogens (tertiary/aromatic N) is 4. The smallest absolute Gasteiger partial charge is 0.255 e. The van der Waals surface area contributed by atoms with Crippen LogP contribution in [0, 0.1) is 6.92 Å². The molecule has 4 aromatic rings. The molecule has 0 radical (unpaired) electrons. The highest BCUT2D eigenvalue weighted by molar-refractivity contribution is 6.04. The molecule has 2 N–H and O–H groups in total. The van der Waals surface area contributed by atoms with Gasteiger partial charge in [-0.1, -0.05) is 24.3 Å². The van der Waals surface area contributed by atoms with E-state index in [0.29, 0.717) is 34.5 Å². The summed E-state index contributed by atoms with van der Waals surface area (Å²) in [4.78, 5) is 29.6. The third-order valence-corrected chi connectivity index (χ3v) is 4.50. The predicted octanol–water partition coefficient (Wildman–Crippen LogP) is 4.33. The Bertz CT molecular complexity index is 1210. The minimum absolute atomic E-state index is 0.228. The van der Waals surface area contributed by atoms with Crippen LogP contribution in [0.4, 0.5) is 11.6 Å². The van der Waals surface area contributed by atoms with Crippen LogP contribution in [-0.4, -0.2) is 32.9 Å². The van der Waals surface area contributed by atoms with Gasteiger partial charge in [0.2, 0.25) is 11.8 Å². The Morgan fingerprint density at radius 1 is 0.968 bits per heavy atom. The Hall–Kier alpha value is -4.33. The Labute approximate surface area is 179 Å². The summed E-state index contributed by atoms with van der Waals surface area (Å²) in [6, 6.07) is 18.2. The van der Waals surface area contributed by atoms with Gasteiger partial charge in [-0.15, -0.1) is 0 Å². The van der Waals surface area contributed by atoms with Crippen molar-refractivity contribution >= 4 is 17.5 Å². The zero-order valence-corrected chi connectivity index (χ0v) is 17.0. The van der Waals surface area contributed by atoms with Crippen molar-refractivity contribution in [2.24, 2.45) is 0 Å². The lowest BCUT2D eigenvalue weighted by Gasteiger charge is -2.13. The number of aryl methyl sites for hydroxylation is 1. The van der Waals surface area contributed by atoms with Crippen molar-refractivity contribution < 1.29 is 9.53 Å². The second-order valence-electron chi connectivity index (χ2n) is 6.64. The quantitative estimate of drug-likeness (QED) is 0.486. The third kappa shape index (κ3) is 4.64. The molecule has 0 fully saturated rings. The average Bonchev–Trinajstić information content (AvgIpc) is 2.81. The van der Waals surface area contributed by atoms with Crippen molar-refractivity contribution in [2.75, 3.05) is 17.7 Å². The predicted molar refractivity (Wildman–Crippen MR) is 118 cm³/mol. The molecule has 0 atom stereocenters. The summed E-state index contributed by atoms with van der Waals surface area (Å²) < 4.78 is 6.10. The largest absolute Gasteiger partial charge is 0.438 e. The number of para-hydroxylation sites is 1. The molecule has 0 spiro atoms. The number of hydrogen-bond donors (Lipinski definition) is 2. The Kier molecular flexibility index (Phi) is 5.79. The molecule has 0 saturated carbocycles. The zero-order chi connectivity index (χ0) is 21.6. The molecule has 0 saturated heterocycles. The van der Waals surface area contributed by atoms with Crippen molar-refractivity contribution in [3.8, 4) is 23.0 Å². The molecule has 1 amide bonds. The number of ether oxygens (including phenoxy) is 1. The van der Waals surface area contributed by atoms with E-state index in [1.165, 1.54) is 6.33 Å². The summed E-state index contributed by atoms with van der Waals surface area (Å²) in [5.74, 6) is 1.49. The van der Waals surface area contributed by atoms with Gasteiger partial charge in [0.05, 0.1) is 5.56 Å². The van der Waals surface area contributed by atoms with Gasteiger partial charge in [0.1, 0.15) is 12.1 Å². The lowest BCUT2D eigenvalue weighted by Crippen LogP contribution is -2.12. The van der Waals surface area contributed by atoms with Crippen LogP contribution in [0.5, 0.6) is 11.6 Å². The first-order valence-electron chi connectivity index (χ1n) is 9.61. The Morgan fingerprint density at radius 3 is 2.61 bits per heavy atom. The van der Waals surface area contributed by atoms with Gasteiger partial charge in [0.25, 0.3) is 5.91 Å².